The van der Waals surface area contributed by atoms with E-state index in [2.05, 4.69) is 0 Å². The van der Waals surface area contributed by atoms with Gasteiger partial charge in [0.15, 0.2) is 0 Å². The normalized spacial score (nSPS) is 19.9. The van der Waals surface area contributed by atoms with E-state index >= 15 is 0 Å². The summed E-state index contributed by atoms with van der Waals surface area (Å²) in [6, 6.07) is 16.5. The lowest BCUT2D eigenvalue weighted by atomic mass is 9.82. The number of carbonyl (C=O) groups excluding carboxylic acids is 2. The Morgan fingerprint density at radius 2 is 1.83 bits per heavy atom. The van der Waals surface area contributed by atoms with E-state index in [9.17, 15) is 9.59 Å². The Labute approximate surface area is 134 Å². The lowest BCUT2D eigenvalue weighted by molar-refractivity contribution is -0.169. The second-order valence-electron chi connectivity index (χ2n) is 5.39. The first-order valence-corrected chi connectivity index (χ1v) is 7.24. The van der Waals surface area contributed by atoms with Crippen molar-refractivity contribution in [3.8, 4) is 0 Å². The Hall–Kier alpha value is -2.88. The van der Waals surface area contributed by atoms with Crippen LogP contribution in [-0.2, 0) is 24.7 Å². The van der Waals surface area contributed by atoms with Gasteiger partial charge in [0.1, 0.15) is 0 Å². The molecule has 4 heteroatoms. The molecule has 0 saturated heterocycles. The van der Waals surface area contributed by atoms with Crippen LogP contribution >= 0.6 is 0 Å². The molecule has 1 atom stereocenters. The number of aryl methyl sites for hydroxylation is 1. The van der Waals surface area contributed by atoms with Crippen LogP contribution in [0, 0.1) is 6.92 Å². The molecule has 2 aromatic rings. The predicted molar refractivity (Wildman–Crippen MR) is 85.4 cm³/mol. The van der Waals surface area contributed by atoms with Gasteiger partial charge in [-0.25, -0.2) is 9.59 Å². The van der Waals surface area contributed by atoms with E-state index in [1.807, 2.05) is 37.3 Å². The highest BCUT2D eigenvalue weighted by atomic mass is 16.6. The van der Waals surface area contributed by atoms with Crippen LogP contribution in [0.5, 0.6) is 0 Å². The summed E-state index contributed by atoms with van der Waals surface area (Å²) in [5.41, 5.74) is 1.26. The molecule has 0 spiro atoms. The fraction of sp³-hybridized carbons (Fsp3) is 0.158. The van der Waals surface area contributed by atoms with Crippen molar-refractivity contribution in [2.24, 2.45) is 0 Å². The molecule has 0 unspecified atom stereocenters. The Balaban J connectivity index is 2.24. The van der Waals surface area contributed by atoms with Gasteiger partial charge in [-0.1, -0.05) is 60.2 Å². The number of hydrogen-bond donors (Lipinski definition) is 0. The molecule has 116 valence electrons. The molecule has 0 amide bonds. The Morgan fingerprint density at radius 1 is 1.09 bits per heavy atom. The fourth-order valence-electron chi connectivity index (χ4n) is 2.85. The van der Waals surface area contributed by atoms with Crippen LogP contribution in [0.2, 0.25) is 0 Å². The van der Waals surface area contributed by atoms with Gasteiger partial charge in [-0.3, -0.25) is 0 Å². The number of esters is 2. The number of rotatable bonds is 3. The molecular formula is C19H16O4. The number of ether oxygens (including phenoxy) is 2. The molecule has 3 rings (SSSR count). The Kier molecular flexibility index (Phi) is 3.74. The lowest BCUT2D eigenvalue weighted by Gasteiger charge is -2.29. The summed E-state index contributed by atoms with van der Waals surface area (Å²) in [5, 5.41) is 0. The number of benzene rings is 2. The van der Waals surface area contributed by atoms with Gasteiger partial charge >= 0.3 is 11.9 Å². The van der Waals surface area contributed by atoms with Crippen LogP contribution in [0.25, 0.3) is 5.57 Å². The summed E-state index contributed by atoms with van der Waals surface area (Å²) in [7, 11) is 1.28. The van der Waals surface area contributed by atoms with Gasteiger partial charge < -0.3 is 9.47 Å². The van der Waals surface area contributed by atoms with Gasteiger partial charge in [0.25, 0.3) is 5.60 Å². The largest absolute Gasteiger partial charge is 0.466 e. The molecule has 0 N–H and O–H groups in total. The summed E-state index contributed by atoms with van der Waals surface area (Å²) >= 11 is 0. The molecule has 1 heterocycles. The Morgan fingerprint density at radius 3 is 2.48 bits per heavy atom. The van der Waals surface area contributed by atoms with Crippen molar-refractivity contribution in [2.45, 2.75) is 12.5 Å². The fourth-order valence-corrected chi connectivity index (χ4v) is 2.85. The molecule has 0 aliphatic carbocycles. The average Bonchev–Trinajstić information content (AvgIpc) is 2.93. The smallest absolute Gasteiger partial charge is 0.360 e. The van der Waals surface area contributed by atoms with E-state index in [4.69, 9.17) is 9.47 Å². The van der Waals surface area contributed by atoms with Crippen molar-refractivity contribution < 1.29 is 19.1 Å². The van der Waals surface area contributed by atoms with Gasteiger partial charge in [0, 0.05) is 17.2 Å². The molecule has 0 saturated carbocycles. The average molecular weight is 308 g/mol. The predicted octanol–water partition coefficient (Wildman–Crippen LogP) is 3.00. The summed E-state index contributed by atoms with van der Waals surface area (Å²) < 4.78 is 10.5. The maximum absolute atomic E-state index is 12.6. The number of carbonyl (C=O) groups is 2. The van der Waals surface area contributed by atoms with E-state index in [0.29, 0.717) is 11.1 Å². The Bertz CT molecular complexity index is 792. The zero-order valence-corrected chi connectivity index (χ0v) is 12.9. The third-order valence-electron chi connectivity index (χ3n) is 3.88. The maximum atomic E-state index is 12.6. The van der Waals surface area contributed by atoms with Crippen LogP contribution in [0.15, 0.2) is 60.7 Å². The second-order valence-corrected chi connectivity index (χ2v) is 5.39. The highest BCUT2D eigenvalue weighted by Gasteiger charge is 2.53. The SMILES string of the molecule is COC(=O)[C@@]1(c2ccccc2)OC(=O)C=C1c1cccc(C)c1. The summed E-state index contributed by atoms with van der Waals surface area (Å²) in [5.74, 6) is -1.18. The van der Waals surface area contributed by atoms with Crippen LogP contribution in [0.1, 0.15) is 16.7 Å². The molecule has 23 heavy (non-hydrogen) atoms. The number of cyclic esters (lactones) is 1. The molecule has 2 aromatic carbocycles. The molecule has 4 nitrogen and oxygen atoms in total. The molecule has 0 aromatic heterocycles. The highest BCUT2D eigenvalue weighted by molar-refractivity contribution is 6.09. The van der Waals surface area contributed by atoms with Crippen molar-refractivity contribution in [2.75, 3.05) is 7.11 Å². The minimum atomic E-state index is -1.57. The van der Waals surface area contributed by atoms with Gasteiger partial charge in [0.2, 0.25) is 0 Å². The van der Waals surface area contributed by atoms with Crippen molar-refractivity contribution in [3.05, 3.63) is 77.4 Å². The topological polar surface area (TPSA) is 52.6 Å². The van der Waals surface area contributed by atoms with Crippen molar-refractivity contribution in [1.29, 1.82) is 0 Å². The van der Waals surface area contributed by atoms with E-state index in [0.717, 1.165) is 11.1 Å². The van der Waals surface area contributed by atoms with E-state index in [-0.39, 0.29) is 0 Å². The summed E-state index contributed by atoms with van der Waals surface area (Å²) in [6.07, 6.45) is 1.36. The number of methoxy groups -OCH3 is 1. The quantitative estimate of drug-likeness (QED) is 0.818. The maximum Gasteiger partial charge on any atom is 0.360 e. The van der Waals surface area contributed by atoms with E-state index in [1.165, 1.54) is 13.2 Å². The lowest BCUT2D eigenvalue weighted by Crippen LogP contribution is -2.39. The van der Waals surface area contributed by atoms with Crippen molar-refractivity contribution in [1.82, 2.24) is 0 Å². The summed E-state index contributed by atoms with van der Waals surface area (Å²) in [4.78, 5) is 24.6. The van der Waals surface area contributed by atoms with Crippen molar-refractivity contribution >= 4 is 17.5 Å². The van der Waals surface area contributed by atoms with Crippen LogP contribution in [-0.4, -0.2) is 19.0 Å². The van der Waals surface area contributed by atoms with Crippen LogP contribution in [0.4, 0.5) is 0 Å². The van der Waals surface area contributed by atoms with Gasteiger partial charge in [-0.15, -0.1) is 0 Å². The third-order valence-corrected chi connectivity index (χ3v) is 3.88. The van der Waals surface area contributed by atoms with E-state index in [1.54, 1.807) is 24.3 Å². The zero-order valence-electron chi connectivity index (χ0n) is 12.9. The van der Waals surface area contributed by atoms with Crippen molar-refractivity contribution in [3.63, 3.8) is 0 Å². The number of hydrogen-bond acceptors (Lipinski definition) is 4. The molecule has 0 bridgehead atoms. The third kappa shape index (κ3) is 2.42. The van der Waals surface area contributed by atoms with Crippen LogP contribution in [0.3, 0.4) is 0 Å². The van der Waals surface area contributed by atoms with Crippen LogP contribution < -0.4 is 0 Å². The second kappa shape index (κ2) is 5.72. The van der Waals surface area contributed by atoms with Gasteiger partial charge in [-0.05, 0) is 12.5 Å². The zero-order chi connectivity index (χ0) is 16.4. The monoisotopic (exact) mass is 308 g/mol. The first-order valence-electron chi connectivity index (χ1n) is 7.24. The van der Waals surface area contributed by atoms with Gasteiger partial charge in [-0.2, -0.15) is 0 Å². The molecular weight excluding hydrogens is 292 g/mol. The minimum Gasteiger partial charge on any atom is -0.466 e. The first kappa shape index (κ1) is 15.0. The first-order chi connectivity index (χ1) is 11.1. The molecule has 0 fully saturated rings. The standard InChI is InChI=1S/C19H16O4/c1-13-7-6-8-14(11-13)16-12-17(20)23-19(16,18(21)22-2)15-9-4-3-5-10-15/h3-12H,1-2H3/t19-/m0/s1. The molecule has 1 aliphatic heterocycles. The minimum absolute atomic E-state index is 0.490. The van der Waals surface area contributed by atoms with E-state index < -0.39 is 17.5 Å². The van der Waals surface area contributed by atoms with Gasteiger partial charge in [0.05, 0.1) is 7.11 Å². The highest BCUT2D eigenvalue weighted by Crippen LogP contribution is 2.44. The molecule has 1 aliphatic rings. The summed E-state index contributed by atoms with van der Waals surface area (Å²) in [6.45, 7) is 1.95. The molecule has 0 radical (unpaired) electrons.